The van der Waals surface area contributed by atoms with Crippen LogP contribution < -0.4 is 0 Å². The zero-order chi connectivity index (χ0) is 17.4. The lowest BCUT2D eigenvalue weighted by molar-refractivity contribution is -0.137. The summed E-state index contributed by atoms with van der Waals surface area (Å²) in [6, 6.07) is 0. The third-order valence-corrected chi connectivity index (χ3v) is 7.05. The summed E-state index contributed by atoms with van der Waals surface area (Å²) >= 11 is 0. The first-order chi connectivity index (χ1) is 10.4. The maximum atomic E-state index is 10.5. The molecule has 0 aromatic rings. The van der Waals surface area contributed by atoms with E-state index in [9.17, 15) is 9.70 Å². The van der Waals surface area contributed by atoms with Crippen molar-refractivity contribution in [3.63, 3.8) is 0 Å². The largest absolute Gasteiger partial charge is 0.481 e. The maximum absolute atomic E-state index is 10.5. The molecule has 0 heterocycles. The molecule has 132 valence electrons. The Morgan fingerprint density at radius 1 is 1.14 bits per heavy atom. The minimum Gasteiger partial charge on any atom is -0.481 e. The van der Waals surface area contributed by atoms with E-state index in [4.69, 9.17) is 14.0 Å². The molecule has 1 atom stereocenters. The van der Waals surface area contributed by atoms with Gasteiger partial charge in [-0.25, -0.2) is 0 Å². The summed E-state index contributed by atoms with van der Waals surface area (Å²) in [4.78, 5) is 24.3. The van der Waals surface area contributed by atoms with Crippen LogP contribution >= 0.6 is 0 Å². The van der Waals surface area contributed by atoms with Crippen molar-refractivity contribution in [1.82, 2.24) is 0 Å². The van der Waals surface area contributed by atoms with E-state index in [1.807, 2.05) is 0 Å². The molecule has 0 aromatic carbocycles. The Morgan fingerprint density at radius 3 is 2.00 bits per heavy atom. The van der Waals surface area contributed by atoms with Gasteiger partial charge in [-0.1, -0.05) is 32.6 Å². The lowest BCUT2D eigenvalue weighted by atomic mass is 10.1. The Kier molecular flexibility index (Phi) is 15.8. The molecule has 0 aliphatic rings. The molecule has 0 spiro atoms. The van der Waals surface area contributed by atoms with E-state index in [1.54, 1.807) is 13.5 Å². The third kappa shape index (κ3) is 11.6. The highest BCUT2D eigenvalue weighted by atomic mass is 28.4. The zero-order valence-electron chi connectivity index (χ0n) is 14.5. The van der Waals surface area contributed by atoms with Gasteiger partial charge in [0.05, 0.1) is 5.54 Å². The molecule has 0 fully saturated rings. The van der Waals surface area contributed by atoms with Crippen molar-refractivity contribution >= 4 is 14.5 Å². The molecule has 22 heavy (non-hydrogen) atoms. The topological polar surface area (TPSA) is 94.4 Å². The van der Waals surface area contributed by atoms with Crippen LogP contribution in [-0.4, -0.2) is 40.5 Å². The van der Waals surface area contributed by atoms with Crippen molar-refractivity contribution in [2.24, 2.45) is 5.34 Å². The molecule has 0 radical (unpaired) electrons. The van der Waals surface area contributed by atoms with E-state index in [0.717, 1.165) is 12.8 Å². The summed E-state index contributed by atoms with van der Waals surface area (Å²) in [5, 5.41) is 11.0. The normalized spacial score (nSPS) is 12.0. The smallest absolute Gasteiger partial charge is 0.348 e. The predicted octanol–water partition coefficient (Wildman–Crippen LogP) is 3.87. The Morgan fingerprint density at radius 2 is 1.64 bits per heavy atom. The van der Waals surface area contributed by atoms with Crippen molar-refractivity contribution in [1.29, 1.82) is 0 Å². The van der Waals surface area contributed by atoms with Gasteiger partial charge in [-0.05, 0) is 26.3 Å². The van der Waals surface area contributed by atoms with Crippen LogP contribution in [0.15, 0.2) is 5.34 Å². The second-order valence-electron chi connectivity index (χ2n) is 5.16. The standard InChI is InChI=1S/C8H17NO2.C6H14O4Si/c1-2-3-4-5-6-7-8-11-9-10;1-5(6(7)8)11(4,9-2)10-3/h2-8H2,1H3;5H,1-4H3,(H,7,8). The highest BCUT2D eigenvalue weighted by Gasteiger charge is 2.41. The van der Waals surface area contributed by atoms with E-state index in [-0.39, 0.29) is 0 Å². The van der Waals surface area contributed by atoms with Crippen molar-refractivity contribution in [3.05, 3.63) is 4.91 Å². The van der Waals surface area contributed by atoms with Gasteiger partial charge in [0.2, 0.25) is 0 Å². The van der Waals surface area contributed by atoms with Crippen LogP contribution in [0.3, 0.4) is 0 Å². The van der Waals surface area contributed by atoms with Gasteiger partial charge in [0.1, 0.15) is 6.61 Å². The fourth-order valence-corrected chi connectivity index (χ4v) is 2.97. The van der Waals surface area contributed by atoms with Crippen molar-refractivity contribution < 1.29 is 23.6 Å². The molecule has 0 amide bonds. The van der Waals surface area contributed by atoms with Gasteiger partial charge in [-0.3, -0.25) is 4.79 Å². The van der Waals surface area contributed by atoms with Crippen LogP contribution in [0.5, 0.6) is 0 Å². The number of unbranched alkanes of at least 4 members (excludes halogenated alkanes) is 5. The number of nitrogens with zero attached hydrogens (tertiary/aromatic N) is 1. The minimum absolute atomic E-state index is 0.482. The van der Waals surface area contributed by atoms with Gasteiger partial charge in [0.15, 0.2) is 5.34 Å². The molecule has 0 aliphatic carbocycles. The summed E-state index contributed by atoms with van der Waals surface area (Å²) in [5.41, 5.74) is -0.544. The number of carbonyl (C=O) groups is 1. The molecule has 0 aliphatic heterocycles. The number of carboxylic acid groups (broad SMARTS) is 1. The molecule has 7 nitrogen and oxygen atoms in total. The van der Waals surface area contributed by atoms with Gasteiger partial charge >= 0.3 is 14.5 Å². The first kappa shape index (κ1) is 23.3. The third-order valence-electron chi connectivity index (χ3n) is 3.61. The molecule has 0 saturated heterocycles. The second kappa shape index (κ2) is 14.9. The lowest BCUT2D eigenvalue weighted by Gasteiger charge is -2.26. The van der Waals surface area contributed by atoms with Crippen LogP contribution in [0.1, 0.15) is 52.4 Å². The SMILES string of the molecule is CCCCCCCCON=O.CO[Si](C)(OC)C(C)C(=O)O. The number of hydrogen-bond acceptors (Lipinski definition) is 6. The van der Waals surface area contributed by atoms with Crippen LogP contribution in [0.25, 0.3) is 0 Å². The van der Waals surface area contributed by atoms with E-state index in [2.05, 4.69) is 17.1 Å². The minimum atomic E-state index is -2.46. The maximum Gasteiger partial charge on any atom is 0.348 e. The van der Waals surface area contributed by atoms with Gasteiger partial charge in [0, 0.05) is 14.2 Å². The van der Waals surface area contributed by atoms with Gasteiger partial charge in [-0.15, -0.1) is 4.91 Å². The number of aliphatic carboxylic acids is 1. The summed E-state index contributed by atoms with van der Waals surface area (Å²) < 4.78 is 10.1. The first-order valence-electron chi connectivity index (χ1n) is 7.67. The predicted molar refractivity (Wildman–Crippen MR) is 87.8 cm³/mol. The Labute approximate surface area is 134 Å². The summed E-state index contributed by atoms with van der Waals surface area (Å²) in [7, 11) is 0.499. The second-order valence-corrected chi connectivity index (χ2v) is 8.87. The van der Waals surface area contributed by atoms with Crippen LogP contribution in [-0.2, 0) is 18.5 Å². The Hall–Kier alpha value is -0.993. The van der Waals surface area contributed by atoms with E-state index in [1.165, 1.54) is 39.9 Å². The summed E-state index contributed by atoms with van der Waals surface area (Å²) in [5.74, 6) is -0.872. The number of hydrogen-bond donors (Lipinski definition) is 1. The van der Waals surface area contributed by atoms with E-state index in [0.29, 0.717) is 6.61 Å². The molecule has 0 rings (SSSR count). The fourth-order valence-electron chi connectivity index (χ4n) is 1.65. The Balaban J connectivity index is 0. The zero-order valence-corrected chi connectivity index (χ0v) is 15.5. The van der Waals surface area contributed by atoms with Crippen molar-refractivity contribution in [2.45, 2.75) is 64.5 Å². The average molecular weight is 337 g/mol. The lowest BCUT2D eigenvalue weighted by Crippen LogP contribution is -2.43. The van der Waals surface area contributed by atoms with E-state index < -0.39 is 20.1 Å². The summed E-state index contributed by atoms with van der Waals surface area (Å²) in [6.45, 7) is 6.00. The number of rotatable bonds is 12. The molecule has 0 aromatic heterocycles. The monoisotopic (exact) mass is 337 g/mol. The van der Waals surface area contributed by atoms with Crippen LogP contribution in [0, 0.1) is 4.91 Å². The highest BCUT2D eigenvalue weighted by Crippen LogP contribution is 2.22. The van der Waals surface area contributed by atoms with Gasteiger partial charge in [-0.2, -0.15) is 0 Å². The molecule has 1 N–H and O–H groups in total. The van der Waals surface area contributed by atoms with Crippen LogP contribution in [0.2, 0.25) is 12.1 Å². The van der Waals surface area contributed by atoms with E-state index >= 15 is 0 Å². The molecule has 1 unspecified atom stereocenters. The highest BCUT2D eigenvalue weighted by molar-refractivity contribution is 6.70. The van der Waals surface area contributed by atoms with Crippen molar-refractivity contribution in [2.75, 3.05) is 20.8 Å². The fraction of sp³-hybridized carbons (Fsp3) is 0.929. The van der Waals surface area contributed by atoms with Crippen LogP contribution in [0.4, 0.5) is 0 Å². The van der Waals surface area contributed by atoms with Crippen molar-refractivity contribution in [3.8, 4) is 0 Å². The first-order valence-corrected chi connectivity index (χ1v) is 10.1. The molecular formula is C14H31NO6Si. The Bertz CT molecular complexity index is 287. The molecule has 8 heteroatoms. The number of carboxylic acids is 1. The summed E-state index contributed by atoms with van der Waals surface area (Å²) in [6.07, 6.45) is 7.23. The quantitative estimate of drug-likeness (QED) is 0.251. The molecule has 0 saturated carbocycles. The molecule has 0 bridgehead atoms. The molecular weight excluding hydrogens is 306 g/mol. The average Bonchev–Trinajstić information content (AvgIpc) is 2.53. The van der Waals surface area contributed by atoms with Gasteiger partial charge < -0.3 is 18.8 Å². The van der Waals surface area contributed by atoms with Gasteiger partial charge in [0.25, 0.3) is 0 Å².